The van der Waals surface area contributed by atoms with Crippen LogP contribution in [-0.2, 0) is 10.2 Å². The Morgan fingerprint density at radius 1 is 1.11 bits per heavy atom. The molecule has 0 aliphatic carbocycles. The average molecular weight is 479 g/mol. The third kappa shape index (κ3) is 3.71. The number of methoxy groups -OCH3 is 1. The maximum absolute atomic E-state index is 11.9. The van der Waals surface area contributed by atoms with Gasteiger partial charge in [0.25, 0.3) is 0 Å². The Kier molecular flexibility index (Phi) is 5.99. The van der Waals surface area contributed by atoms with Crippen LogP contribution in [-0.4, -0.2) is 40.6 Å². The highest BCUT2D eigenvalue weighted by molar-refractivity contribution is 6.06. The number of carbonyl (C=O) groups is 1. The van der Waals surface area contributed by atoms with E-state index < -0.39 is 0 Å². The lowest BCUT2D eigenvalue weighted by Crippen LogP contribution is -3.00. The number of hydrogen-bond donors (Lipinski definition) is 2. The average Bonchev–Trinajstić information content (AvgIpc) is 2.81. The summed E-state index contributed by atoms with van der Waals surface area (Å²) in [5, 5.41) is 19.6. The first-order chi connectivity index (χ1) is 12.3. The summed E-state index contributed by atoms with van der Waals surface area (Å²) in [4.78, 5) is 11.9. The first-order valence-corrected chi connectivity index (χ1v) is 8.29. The van der Waals surface area contributed by atoms with E-state index in [0.29, 0.717) is 11.1 Å². The van der Waals surface area contributed by atoms with Gasteiger partial charge in [0.1, 0.15) is 18.5 Å². The van der Waals surface area contributed by atoms with Gasteiger partial charge in [0.15, 0.2) is 5.71 Å². The van der Waals surface area contributed by atoms with Gasteiger partial charge in [0.2, 0.25) is 5.69 Å². The topological polar surface area (TPSA) is 69.8 Å². The Hall–Kier alpha value is -2.35. The van der Waals surface area contributed by atoms with Crippen LogP contribution < -0.4 is 24.0 Å². The molecule has 5 nitrogen and oxygen atoms in total. The predicted molar refractivity (Wildman–Crippen MR) is 100 cm³/mol. The quantitative estimate of drug-likeness (QED) is 0.293. The lowest BCUT2D eigenvalue weighted by molar-refractivity contribution is -0.401. The normalized spacial score (nSPS) is 14.8. The maximum Gasteiger partial charge on any atom is 0.337 e. The molecule has 0 aromatic heterocycles. The first-order valence-electron chi connectivity index (χ1n) is 8.29. The van der Waals surface area contributed by atoms with Crippen LogP contribution in [0, 0.1) is 0 Å². The van der Waals surface area contributed by atoms with E-state index in [1.165, 1.54) is 25.3 Å². The number of ether oxygens (including phenoxy) is 1. The van der Waals surface area contributed by atoms with Crippen molar-refractivity contribution in [2.24, 2.45) is 0 Å². The van der Waals surface area contributed by atoms with Crippen LogP contribution in [0.25, 0.3) is 6.08 Å². The summed E-state index contributed by atoms with van der Waals surface area (Å²) in [5.41, 5.74) is 3.77. The number of carbonyl (C=O) groups excluding carboxylic acids is 1. The molecule has 0 radical (unpaired) electrons. The summed E-state index contributed by atoms with van der Waals surface area (Å²) in [7, 11) is 3.34. The molecule has 0 saturated heterocycles. The maximum atomic E-state index is 11.9. The van der Waals surface area contributed by atoms with Crippen LogP contribution in [0.15, 0.2) is 42.5 Å². The fourth-order valence-electron chi connectivity index (χ4n) is 3.43. The largest absolute Gasteiger partial charge is 1.00 e. The minimum Gasteiger partial charge on any atom is -1.00 e. The Morgan fingerprint density at radius 2 is 1.81 bits per heavy atom. The molecule has 0 fully saturated rings. The number of halogens is 1. The molecule has 142 valence electrons. The summed E-state index contributed by atoms with van der Waals surface area (Å²) in [6.07, 6.45) is 3.70. The molecule has 3 rings (SSSR count). The molecule has 6 heteroatoms. The van der Waals surface area contributed by atoms with Crippen molar-refractivity contribution in [3.8, 4) is 11.5 Å². The van der Waals surface area contributed by atoms with Crippen LogP contribution in [0.5, 0.6) is 11.5 Å². The Morgan fingerprint density at radius 3 is 2.48 bits per heavy atom. The van der Waals surface area contributed by atoms with Crippen LogP contribution in [0.4, 0.5) is 5.69 Å². The number of nitrogens with zero attached hydrogens (tertiary/aromatic N) is 1. The smallest absolute Gasteiger partial charge is 0.337 e. The van der Waals surface area contributed by atoms with Crippen molar-refractivity contribution in [1.29, 1.82) is 0 Å². The summed E-state index contributed by atoms with van der Waals surface area (Å²) in [6.45, 7) is 4.16. The van der Waals surface area contributed by atoms with E-state index in [0.717, 1.165) is 17.0 Å². The van der Waals surface area contributed by atoms with Gasteiger partial charge < -0.3 is 38.9 Å². The van der Waals surface area contributed by atoms with Crippen molar-refractivity contribution in [3.63, 3.8) is 0 Å². The minimum atomic E-state index is -0.361. The molecule has 2 N–H and O–H groups in total. The highest BCUT2D eigenvalue weighted by Gasteiger charge is 2.43. The molecule has 2 aromatic carbocycles. The van der Waals surface area contributed by atoms with Gasteiger partial charge in [0.05, 0.1) is 18.1 Å². The SMILES string of the molecule is COC(=O)c1ccc2c(c1)C(C)(C)C(/C=C/c1cc(O)ccc1O)=[N+]2C.[I-]. The second-order valence-corrected chi connectivity index (χ2v) is 6.87. The number of esters is 1. The number of allylic oxidation sites excluding steroid dienone is 1. The molecule has 27 heavy (non-hydrogen) atoms. The first kappa shape index (κ1) is 21.0. The summed E-state index contributed by atoms with van der Waals surface area (Å²) in [6, 6.07) is 9.94. The summed E-state index contributed by atoms with van der Waals surface area (Å²) >= 11 is 0. The second-order valence-electron chi connectivity index (χ2n) is 6.87. The van der Waals surface area contributed by atoms with Crippen molar-refractivity contribution < 1.29 is 48.3 Å². The van der Waals surface area contributed by atoms with E-state index in [1.54, 1.807) is 12.1 Å². The zero-order valence-corrected chi connectivity index (χ0v) is 17.8. The second kappa shape index (κ2) is 7.72. The van der Waals surface area contributed by atoms with Crippen LogP contribution in [0.1, 0.15) is 35.3 Å². The van der Waals surface area contributed by atoms with Gasteiger partial charge in [-0.3, -0.25) is 0 Å². The van der Waals surface area contributed by atoms with Crippen molar-refractivity contribution in [2.45, 2.75) is 19.3 Å². The zero-order chi connectivity index (χ0) is 19.1. The highest BCUT2D eigenvalue weighted by atomic mass is 127. The molecule has 1 heterocycles. The van der Waals surface area contributed by atoms with Crippen LogP contribution in [0.3, 0.4) is 0 Å². The summed E-state index contributed by atoms with van der Waals surface area (Å²) < 4.78 is 6.89. The fourth-order valence-corrected chi connectivity index (χ4v) is 3.43. The Bertz CT molecular complexity index is 961. The van der Waals surface area contributed by atoms with Crippen molar-refractivity contribution >= 4 is 23.4 Å². The van der Waals surface area contributed by atoms with Gasteiger partial charge in [-0.2, -0.15) is 4.58 Å². The van der Waals surface area contributed by atoms with Crippen LogP contribution in [0.2, 0.25) is 0 Å². The van der Waals surface area contributed by atoms with Crippen molar-refractivity contribution in [1.82, 2.24) is 0 Å². The van der Waals surface area contributed by atoms with E-state index in [2.05, 4.69) is 18.4 Å². The van der Waals surface area contributed by atoms with E-state index in [1.807, 2.05) is 25.3 Å². The van der Waals surface area contributed by atoms with E-state index in [9.17, 15) is 15.0 Å². The number of rotatable bonds is 3. The molecular formula is C21H22INO4. The minimum absolute atomic E-state index is 0. The van der Waals surface area contributed by atoms with Gasteiger partial charge in [-0.25, -0.2) is 4.79 Å². The van der Waals surface area contributed by atoms with Crippen molar-refractivity contribution in [2.75, 3.05) is 14.2 Å². The molecule has 1 aliphatic heterocycles. The highest BCUT2D eigenvalue weighted by Crippen LogP contribution is 2.40. The predicted octanol–water partition coefficient (Wildman–Crippen LogP) is 0.608. The number of fused-ring (bicyclic) bond motifs is 1. The molecule has 1 aliphatic rings. The molecule has 0 atom stereocenters. The molecule has 0 amide bonds. The number of phenols is 2. The third-order valence-corrected chi connectivity index (χ3v) is 4.89. The fraction of sp³-hybridized carbons (Fsp3) is 0.238. The third-order valence-electron chi connectivity index (χ3n) is 4.89. The monoisotopic (exact) mass is 479 g/mol. The lowest BCUT2D eigenvalue weighted by Gasteiger charge is -2.16. The van der Waals surface area contributed by atoms with Gasteiger partial charge in [-0.05, 0) is 50.3 Å². The number of aromatic hydroxyl groups is 2. The van der Waals surface area contributed by atoms with Gasteiger partial charge in [0, 0.05) is 23.3 Å². The Balaban J connectivity index is 0.00000261. The number of phenolic OH excluding ortho intramolecular Hbond substituents is 2. The van der Waals surface area contributed by atoms with Gasteiger partial charge in [-0.1, -0.05) is 0 Å². The lowest BCUT2D eigenvalue weighted by atomic mass is 9.80. The molecular weight excluding hydrogens is 457 g/mol. The van der Waals surface area contributed by atoms with E-state index in [-0.39, 0.29) is 46.9 Å². The van der Waals surface area contributed by atoms with Gasteiger partial charge >= 0.3 is 5.97 Å². The molecule has 0 spiro atoms. The van der Waals surface area contributed by atoms with E-state index in [4.69, 9.17) is 4.74 Å². The van der Waals surface area contributed by atoms with Crippen LogP contribution >= 0.6 is 0 Å². The number of hydrogen-bond acceptors (Lipinski definition) is 4. The van der Waals surface area contributed by atoms with E-state index >= 15 is 0 Å². The summed E-state index contributed by atoms with van der Waals surface area (Å²) in [5.74, 6) is -0.166. The zero-order valence-electron chi connectivity index (χ0n) is 15.7. The number of benzene rings is 2. The standard InChI is InChI=1S/C21H21NO4.HI/c1-21(2)16-12-14(20(25)26-4)5-8-17(16)22(3)19(21)10-6-13-11-15(23)7-9-18(13)24;/h5-12,23H,1-4H3;1H. The van der Waals surface area contributed by atoms with Crippen molar-refractivity contribution in [3.05, 3.63) is 59.2 Å². The molecule has 0 saturated carbocycles. The molecule has 0 bridgehead atoms. The molecule has 0 unspecified atom stereocenters. The molecule has 2 aromatic rings. The Labute approximate surface area is 175 Å². The van der Waals surface area contributed by atoms with Gasteiger partial charge in [-0.15, -0.1) is 0 Å².